The first-order valence-electron chi connectivity index (χ1n) is 6.90. The fraction of sp³-hybridized carbons (Fsp3) is 0.500. The zero-order valence-corrected chi connectivity index (χ0v) is 10.9. The van der Waals surface area contributed by atoms with Crippen LogP contribution in [0.25, 0.3) is 6.08 Å². The lowest BCUT2D eigenvalue weighted by Gasteiger charge is -2.21. The minimum absolute atomic E-state index is 0.473. The second kappa shape index (κ2) is 7.93. The fourth-order valence-corrected chi connectivity index (χ4v) is 2.25. The van der Waals surface area contributed by atoms with Gasteiger partial charge in [-0.2, -0.15) is 0 Å². The van der Waals surface area contributed by atoms with E-state index in [9.17, 15) is 0 Å². The van der Waals surface area contributed by atoms with Gasteiger partial charge in [-0.3, -0.25) is 0 Å². The van der Waals surface area contributed by atoms with E-state index in [-0.39, 0.29) is 0 Å². The SMILES string of the molecule is C(=Cc1ccccc1)OCCOC1CCCCC1. The third-order valence-electron chi connectivity index (χ3n) is 3.26. The number of rotatable bonds is 6. The van der Waals surface area contributed by atoms with Gasteiger partial charge in [0.15, 0.2) is 0 Å². The van der Waals surface area contributed by atoms with Crippen molar-refractivity contribution in [1.82, 2.24) is 0 Å². The van der Waals surface area contributed by atoms with Gasteiger partial charge in [0.1, 0.15) is 6.61 Å². The van der Waals surface area contributed by atoms with E-state index >= 15 is 0 Å². The summed E-state index contributed by atoms with van der Waals surface area (Å²) in [4.78, 5) is 0. The summed E-state index contributed by atoms with van der Waals surface area (Å²) in [6.07, 6.45) is 10.6. The second-order valence-corrected chi connectivity index (χ2v) is 4.72. The molecule has 2 heteroatoms. The van der Waals surface area contributed by atoms with Crippen LogP contribution in [0.3, 0.4) is 0 Å². The highest BCUT2D eigenvalue weighted by Gasteiger charge is 2.12. The summed E-state index contributed by atoms with van der Waals surface area (Å²) >= 11 is 0. The van der Waals surface area contributed by atoms with Crippen molar-refractivity contribution in [1.29, 1.82) is 0 Å². The highest BCUT2D eigenvalue weighted by atomic mass is 16.5. The Morgan fingerprint density at radius 1 is 1.00 bits per heavy atom. The van der Waals surface area contributed by atoms with Gasteiger partial charge in [-0.15, -0.1) is 0 Å². The van der Waals surface area contributed by atoms with E-state index in [0.29, 0.717) is 19.3 Å². The summed E-state index contributed by atoms with van der Waals surface area (Å²) in [5.41, 5.74) is 1.16. The molecule has 0 aliphatic heterocycles. The smallest absolute Gasteiger partial charge is 0.111 e. The number of ether oxygens (including phenoxy) is 2. The predicted octanol–water partition coefficient (Wildman–Crippen LogP) is 4.02. The Bertz CT molecular complexity index is 339. The van der Waals surface area contributed by atoms with Gasteiger partial charge in [-0.25, -0.2) is 0 Å². The van der Waals surface area contributed by atoms with Crippen LogP contribution in [-0.4, -0.2) is 19.3 Å². The molecule has 0 aromatic heterocycles. The Kier molecular flexibility index (Phi) is 5.80. The van der Waals surface area contributed by atoms with Gasteiger partial charge in [0.25, 0.3) is 0 Å². The Labute approximate surface area is 110 Å². The van der Waals surface area contributed by atoms with E-state index in [4.69, 9.17) is 9.47 Å². The molecule has 0 heterocycles. The van der Waals surface area contributed by atoms with Crippen molar-refractivity contribution >= 4 is 6.08 Å². The van der Waals surface area contributed by atoms with Gasteiger partial charge >= 0.3 is 0 Å². The number of hydrogen-bond acceptors (Lipinski definition) is 2. The minimum Gasteiger partial charge on any atom is -0.499 e. The molecular weight excluding hydrogens is 224 g/mol. The average Bonchev–Trinajstić information content (AvgIpc) is 2.45. The van der Waals surface area contributed by atoms with Gasteiger partial charge in [-0.1, -0.05) is 49.6 Å². The van der Waals surface area contributed by atoms with Gasteiger partial charge in [-0.05, 0) is 24.5 Å². The normalized spacial score (nSPS) is 17.1. The molecule has 1 aliphatic rings. The molecule has 1 saturated carbocycles. The molecule has 1 fully saturated rings. The molecule has 1 aromatic carbocycles. The molecule has 0 atom stereocenters. The quantitative estimate of drug-likeness (QED) is 0.557. The largest absolute Gasteiger partial charge is 0.499 e. The average molecular weight is 246 g/mol. The summed E-state index contributed by atoms with van der Waals surface area (Å²) in [6, 6.07) is 10.2. The molecule has 1 aromatic rings. The van der Waals surface area contributed by atoms with Crippen LogP contribution in [0.2, 0.25) is 0 Å². The van der Waals surface area contributed by atoms with Crippen LogP contribution in [-0.2, 0) is 9.47 Å². The molecule has 18 heavy (non-hydrogen) atoms. The van der Waals surface area contributed by atoms with E-state index in [0.717, 1.165) is 5.56 Å². The summed E-state index contributed by atoms with van der Waals surface area (Å²) in [7, 11) is 0. The molecule has 2 rings (SSSR count). The van der Waals surface area contributed by atoms with Crippen molar-refractivity contribution in [3.63, 3.8) is 0 Å². The van der Waals surface area contributed by atoms with Crippen molar-refractivity contribution in [3.05, 3.63) is 42.2 Å². The second-order valence-electron chi connectivity index (χ2n) is 4.72. The third kappa shape index (κ3) is 4.92. The van der Waals surface area contributed by atoms with Crippen LogP contribution in [0.1, 0.15) is 37.7 Å². The minimum atomic E-state index is 0.473. The number of hydrogen-bond donors (Lipinski definition) is 0. The highest BCUT2D eigenvalue weighted by molar-refractivity contribution is 5.47. The molecule has 0 unspecified atom stereocenters. The molecule has 0 saturated heterocycles. The molecule has 0 radical (unpaired) electrons. The summed E-state index contributed by atoms with van der Waals surface area (Å²) in [5, 5.41) is 0. The summed E-state index contributed by atoms with van der Waals surface area (Å²) in [5.74, 6) is 0. The van der Waals surface area contributed by atoms with Crippen molar-refractivity contribution in [2.75, 3.05) is 13.2 Å². The lowest BCUT2D eigenvalue weighted by atomic mass is 9.98. The van der Waals surface area contributed by atoms with Crippen molar-refractivity contribution in [2.45, 2.75) is 38.2 Å². The van der Waals surface area contributed by atoms with Crippen molar-refractivity contribution < 1.29 is 9.47 Å². The molecule has 1 aliphatic carbocycles. The monoisotopic (exact) mass is 246 g/mol. The zero-order valence-electron chi connectivity index (χ0n) is 10.9. The van der Waals surface area contributed by atoms with Gasteiger partial charge in [0.05, 0.1) is 19.0 Å². The van der Waals surface area contributed by atoms with Crippen LogP contribution in [0.15, 0.2) is 36.6 Å². The van der Waals surface area contributed by atoms with E-state index in [1.165, 1.54) is 32.1 Å². The Hall–Kier alpha value is -1.28. The van der Waals surface area contributed by atoms with Crippen molar-refractivity contribution in [3.8, 4) is 0 Å². The molecule has 98 valence electrons. The van der Waals surface area contributed by atoms with Gasteiger partial charge in [0, 0.05) is 0 Å². The highest BCUT2D eigenvalue weighted by Crippen LogP contribution is 2.19. The summed E-state index contributed by atoms with van der Waals surface area (Å²) < 4.78 is 11.2. The van der Waals surface area contributed by atoms with Crippen molar-refractivity contribution in [2.24, 2.45) is 0 Å². The first-order valence-corrected chi connectivity index (χ1v) is 6.90. The Balaban J connectivity index is 1.54. The standard InChI is InChI=1S/C16H22O2/c1-3-7-15(8-4-1)11-12-17-13-14-18-16-9-5-2-6-10-16/h1,3-4,7-8,11-12,16H,2,5-6,9-10,13-14H2. The third-order valence-corrected chi connectivity index (χ3v) is 3.26. The van der Waals surface area contributed by atoms with Gasteiger partial charge in [0.2, 0.25) is 0 Å². The van der Waals surface area contributed by atoms with Crippen LogP contribution in [0.5, 0.6) is 0 Å². The first kappa shape index (κ1) is 13.2. The van der Waals surface area contributed by atoms with E-state index < -0.39 is 0 Å². The Morgan fingerprint density at radius 2 is 1.78 bits per heavy atom. The first-order chi connectivity index (χ1) is 8.95. The molecule has 2 nitrogen and oxygen atoms in total. The maximum Gasteiger partial charge on any atom is 0.111 e. The predicted molar refractivity (Wildman–Crippen MR) is 74.3 cm³/mol. The van der Waals surface area contributed by atoms with Crippen LogP contribution in [0.4, 0.5) is 0 Å². The molecule has 0 bridgehead atoms. The maximum atomic E-state index is 5.78. The molecule has 0 spiro atoms. The molecule has 0 N–H and O–H groups in total. The number of benzene rings is 1. The molecule has 0 amide bonds. The maximum absolute atomic E-state index is 5.78. The fourth-order valence-electron chi connectivity index (χ4n) is 2.25. The van der Waals surface area contributed by atoms with Crippen LogP contribution in [0, 0.1) is 0 Å². The lowest BCUT2D eigenvalue weighted by Crippen LogP contribution is -2.18. The van der Waals surface area contributed by atoms with E-state index in [1.54, 1.807) is 6.26 Å². The molecular formula is C16H22O2. The topological polar surface area (TPSA) is 18.5 Å². The zero-order chi connectivity index (χ0) is 12.5. The van der Waals surface area contributed by atoms with Crippen LogP contribution < -0.4 is 0 Å². The lowest BCUT2D eigenvalue weighted by molar-refractivity contribution is 0.00626. The summed E-state index contributed by atoms with van der Waals surface area (Å²) in [6.45, 7) is 1.34. The van der Waals surface area contributed by atoms with E-state index in [1.807, 2.05) is 24.3 Å². The Morgan fingerprint density at radius 3 is 2.56 bits per heavy atom. The van der Waals surface area contributed by atoms with Crippen LogP contribution >= 0.6 is 0 Å². The van der Waals surface area contributed by atoms with E-state index in [2.05, 4.69) is 12.1 Å². The van der Waals surface area contributed by atoms with Gasteiger partial charge < -0.3 is 9.47 Å².